The number of anilines is 1. The largest absolute Gasteiger partial charge is 0.362 e. The van der Waals surface area contributed by atoms with Crippen molar-refractivity contribution in [3.8, 4) is 6.07 Å². The average Bonchev–Trinajstić information content (AvgIpc) is 2.88. The van der Waals surface area contributed by atoms with Gasteiger partial charge in [0.15, 0.2) is 0 Å². The van der Waals surface area contributed by atoms with Crippen molar-refractivity contribution >= 4 is 17.2 Å². The van der Waals surface area contributed by atoms with Crippen molar-refractivity contribution in [3.63, 3.8) is 0 Å². The van der Waals surface area contributed by atoms with Gasteiger partial charge in [0, 0.05) is 10.6 Å². The van der Waals surface area contributed by atoms with Crippen LogP contribution in [0.4, 0.5) is 5.82 Å². The van der Waals surface area contributed by atoms with E-state index in [-0.39, 0.29) is 6.04 Å². The van der Waals surface area contributed by atoms with Crippen molar-refractivity contribution in [1.82, 2.24) is 4.98 Å². The van der Waals surface area contributed by atoms with Crippen LogP contribution in [0.2, 0.25) is 0 Å². The molecule has 0 spiro atoms. The fraction of sp³-hybridized carbons (Fsp3) is 0.333. The summed E-state index contributed by atoms with van der Waals surface area (Å²) in [5, 5.41) is 14.8. The first-order valence-corrected chi connectivity index (χ1v) is 7.36. The number of hydrogen-bond donors (Lipinski definition) is 1. The number of nitrogens with zero attached hydrogens (tertiary/aromatic N) is 2. The smallest absolute Gasteiger partial charge is 0.144 e. The topological polar surface area (TPSA) is 48.7 Å². The van der Waals surface area contributed by atoms with Crippen molar-refractivity contribution < 1.29 is 0 Å². The van der Waals surface area contributed by atoms with E-state index in [0.717, 1.165) is 12.1 Å². The van der Waals surface area contributed by atoms with Gasteiger partial charge in [0.2, 0.25) is 0 Å². The highest BCUT2D eigenvalue weighted by molar-refractivity contribution is 7.10. The van der Waals surface area contributed by atoms with E-state index in [0.29, 0.717) is 11.4 Å². The number of aryl methyl sites for hydroxylation is 2. The van der Waals surface area contributed by atoms with E-state index in [9.17, 15) is 0 Å². The summed E-state index contributed by atoms with van der Waals surface area (Å²) in [4.78, 5) is 5.93. The van der Waals surface area contributed by atoms with Gasteiger partial charge in [0.1, 0.15) is 11.9 Å². The molecule has 1 N–H and O–H groups in total. The summed E-state index contributed by atoms with van der Waals surface area (Å²) in [6.45, 7) is 1.95. The molecule has 1 unspecified atom stereocenters. The molecule has 19 heavy (non-hydrogen) atoms. The highest BCUT2D eigenvalue weighted by atomic mass is 32.1. The summed E-state index contributed by atoms with van der Waals surface area (Å²) in [6.07, 6.45) is 3.47. The van der Waals surface area contributed by atoms with Crippen molar-refractivity contribution in [3.05, 3.63) is 45.3 Å². The van der Waals surface area contributed by atoms with Crippen LogP contribution in [-0.4, -0.2) is 4.98 Å². The summed E-state index contributed by atoms with van der Waals surface area (Å²) in [7, 11) is 0. The molecule has 2 aromatic heterocycles. The molecule has 2 heterocycles. The SMILES string of the molecule is Cc1ccc(C#N)c(NC2CCCc3sccc32)n1. The number of nitriles is 1. The molecule has 0 saturated carbocycles. The first kappa shape index (κ1) is 12.2. The van der Waals surface area contributed by atoms with Gasteiger partial charge < -0.3 is 5.32 Å². The highest BCUT2D eigenvalue weighted by Gasteiger charge is 2.22. The predicted molar refractivity (Wildman–Crippen MR) is 77.3 cm³/mol. The Morgan fingerprint density at radius 3 is 3.16 bits per heavy atom. The maximum absolute atomic E-state index is 9.17. The molecule has 3 rings (SSSR count). The average molecular weight is 269 g/mol. The van der Waals surface area contributed by atoms with E-state index < -0.39 is 0 Å². The number of pyridine rings is 1. The van der Waals surface area contributed by atoms with Crippen LogP contribution >= 0.6 is 11.3 Å². The van der Waals surface area contributed by atoms with Gasteiger partial charge in [-0.3, -0.25) is 0 Å². The van der Waals surface area contributed by atoms with Crippen LogP contribution in [-0.2, 0) is 6.42 Å². The number of nitrogens with one attached hydrogen (secondary N) is 1. The number of aromatic nitrogens is 1. The van der Waals surface area contributed by atoms with Gasteiger partial charge >= 0.3 is 0 Å². The maximum Gasteiger partial charge on any atom is 0.144 e. The normalized spacial score (nSPS) is 17.6. The van der Waals surface area contributed by atoms with E-state index in [1.54, 1.807) is 0 Å². The zero-order valence-corrected chi connectivity index (χ0v) is 11.6. The number of hydrogen-bond acceptors (Lipinski definition) is 4. The van der Waals surface area contributed by atoms with Gasteiger partial charge in [0.25, 0.3) is 0 Å². The van der Waals surface area contributed by atoms with Crippen LogP contribution in [0.25, 0.3) is 0 Å². The van der Waals surface area contributed by atoms with Crippen molar-refractivity contribution in [2.24, 2.45) is 0 Å². The van der Waals surface area contributed by atoms with Crippen molar-refractivity contribution in [2.75, 3.05) is 5.32 Å². The molecule has 1 atom stereocenters. The van der Waals surface area contributed by atoms with Crippen molar-refractivity contribution in [1.29, 1.82) is 5.26 Å². The molecule has 0 bridgehead atoms. The van der Waals surface area contributed by atoms with Gasteiger partial charge in [-0.2, -0.15) is 5.26 Å². The predicted octanol–water partition coefficient (Wildman–Crippen LogP) is 3.81. The van der Waals surface area contributed by atoms with Gasteiger partial charge in [0.05, 0.1) is 11.6 Å². The lowest BCUT2D eigenvalue weighted by Gasteiger charge is -2.24. The molecule has 1 aliphatic rings. The van der Waals surface area contributed by atoms with Gasteiger partial charge in [-0.15, -0.1) is 11.3 Å². The summed E-state index contributed by atoms with van der Waals surface area (Å²) in [5.74, 6) is 0.714. The Morgan fingerprint density at radius 1 is 1.42 bits per heavy atom. The number of thiophene rings is 1. The maximum atomic E-state index is 9.17. The summed E-state index contributed by atoms with van der Waals surface area (Å²) >= 11 is 1.83. The minimum absolute atomic E-state index is 0.288. The molecule has 0 amide bonds. The third-order valence-electron chi connectivity index (χ3n) is 3.52. The van der Waals surface area contributed by atoms with Crippen LogP contribution in [0.5, 0.6) is 0 Å². The van der Waals surface area contributed by atoms with E-state index in [4.69, 9.17) is 5.26 Å². The summed E-state index contributed by atoms with van der Waals surface area (Å²) in [6, 6.07) is 8.40. The second-order valence-corrected chi connectivity index (χ2v) is 5.85. The molecule has 0 aliphatic heterocycles. The molecule has 0 fully saturated rings. The zero-order valence-electron chi connectivity index (χ0n) is 10.8. The fourth-order valence-corrected chi connectivity index (χ4v) is 3.55. The third kappa shape index (κ3) is 2.34. The number of fused-ring (bicyclic) bond motifs is 1. The van der Waals surface area contributed by atoms with Gasteiger partial charge in [-0.25, -0.2) is 4.98 Å². The van der Waals surface area contributed by atoms with Crippen LogP contribution < -0.4 is 5.32 Å². The zero-order chi connectivity index (χ0) is 13.2. The van der Waals surface area contributed by atoms with Crippen LogP contribution in [0.15, 0.2) is 23.6 Å². The standard InChI is InChI=1S/C15H15N3S/c1-10-5-6-11(9-16)15(17-10)18-13-3-2-4-14-12(13)7-8-19-14/h5-8,13H,2-4H2,1H3,(H,17,18). The highest BCUT2D eigenvalue weighted by Crippen LogP contribution is 2.35. The molecule has 0 saturated heterocycles. The Kier molecular flexibility index (Phi) is 3.22. The molecule has 1 aliphatic carbocycles. The number of rotatable bonds is 2. The Bertz CT molecular complexity index is 639. The Labute approximate surface area is 116 Å². The van der Waals surface area contributed by atoms with Crippen LogP contribution in [0.3, 0.4) is 0 Å². The lowest BCUT2D eigenvalue weighted by molar-refractivity contribution is 0.606. The monoisotopic (exact) mass is 269 g/mol. The van der Waals surface area contributed by atoms with Crippen molar-refractivity contribution in [2.45, 2.75) is 32.2 Å². The molecule has 0 aromatic carbocycles. The molecular weight excluding hydrogens is 254 g/mol. The Hall–Kier alpha value is -1.86. The summed E-state index contributed by atoms with van der Waals surface area (Å²) < 4.78 is 0. The second kappa shape index (κ2) is 5.02. The fourth-order valence-electron chi connectivity index (χ4n) is 2.56. The minimum Gasteiger partial charge on any atom is -0.362 e. The van der Waals surface area contributed by atoms with E-state index in [2.05, 4.69) is 27.8 Å². The molecular formula is C15H15N3S. The lowest BCUT2D eigenvalue weighted by Crippen LogP contribution is -2.17. The molecule has 2 aromatic rings. The molecule has 4 heteroatoms. The van der Waals surface area contributed by atoms with E-state index in [1.807, 2.05) is 30.4 Å². The quantitative estimate of drug-likeness (QED) is 0.901. The minimum atomic E-state index is 0.288. The first-order chi connectivity index (χ1) is 9.28. The molecule has 96 valence electrons. The summed E-state index contributed by atoms with van der Waals surface area (Å²) in [5.41, 5.74) is 2.93. The molecule has 3 nitrogen and oxygen atoms in total. The molecule has 0 radical (unpaired) electrons. The van der Waals surface area contributed by atoms with Crippen LogP contribution in [0, 0.1) is 18.3 Å². The van der Waals surface area contributed by atoms with E-state index in [1.165, 1.54) is 23.3 Å². The van der Waals surface area contributed by atoms with E-state index >= 15 is 0 Å². The van der Waals surface area contributed by atoms with Crippen LogP contribution in [0.1, 0.15) is 40.6 Å². The lowest BCUT2D eigenvalue weighted by atomic mass is 9.94. The Balaban J connectivity index is 1.92. The first-order valence-electron chi connectivity index (χ1n) is 6.48. The Morgan fingerprint density at radius 2 is 2.32 bits per heavy atom. The third-order valence-corrected chi connectivity index (χ3v) is 4.51. The second-order valence-electron chi connectivity index (χ2n) is 4.85. The van der Waals surface area contributed by atoms with Gasteiger partial charge in [-0.05, 0) is 55.3 Å². The van der Waals surface area contributed by atoms with Gasteiger partial charge in [-0.1, -0.05) is 0 Å².